The van der Waals surface area contributed by atoms with Crippen molar-refractivity contribution in [1.82, 2.24) is 9.80 Å². The van der Waals surface area contributed by atoms with Gasteiger partial charge in [-0.2, -0.15) is 0 Å². The molecule has 11 heteroatoms. The number of aromatic hydroxyl groups is 1. The summed E-state index contributed by atoms with van der Waals surface area (Å²) in [5, 5.41) is 43.4. The van der Waals surface area contributed by atoms with Gasteiger partial charge in [-0.05, 0) is 70.8 Å². The van der Waals surface area contributed by atoms with Crippen LogP contribution in [-0.4, -0.2) is 87.0 Å². The van der Waals surface area contributed by atoms with E-state index in [1.165, 1.54) is 6.07 Å². The summed E-state index contributed by atoms with van der Waals surface area (Å²) in [6.45, 7) is 2.85. The number of fused-ring (bicyclic) bond motifs is 3. The van der Waals surface area contributed by atoms with Gasteiger partial charge in [-0.15, -0.1) is 0 Å². The lowest BCUT2D eigenvalue weighted by Gasteiger charge is -2.45. The van der Waals surface area contributed by atoms with Crippen molar-refractivity contribution in [3.63, 3.8) is 0 Å². The Balaban J connectivity index is 1.46. The topological polar surface area (TPSA) is 165 Å². The van der Waals surface area contributed by atoms with Gasteiger partial charge in [0.2, 0.25) is 5.78 Å². The Labute approximate surface area is 225 Å². The zero-order valence-corrected chi connectivity index (χ0v) is 22.0. The van der Waals surface area contributed by atoms with E-state index < -0.39 is 63.6 Å². The molecule has 1 aromatic carbocycles. The number of nitrogens with zero attached hydrogens (tertiary/aromatic N) is 2. The van der Waals surface area contributed by atoms with Crippen LogP contribution in [0.15, 0.2) is 28.7 Å². The van der Waals surface area contributed by atoms with Crippen molar-refractivity contribution in [3.05, 3.63) is 51.2 Å². The second-order valence-corrected chi connectivity index (χ2v) is 11.6. The van der Waals surface area contributed by atoms with E-state index in [1.807, 2.05) is 14.1 Å². The number of benzene rings is 1. The summed E-state index contributed by atoms with van der Waals surface area (Å²) in [4.78, 5) is 42.6. The maximum Gasteiger partial charge on any atom is 0.255 e. The summed E-state index contributed by atoms with van der Waals surface area (Å²) in [6.07, 6.45) is 1.55. The number of nitrogens with two attached hydrogens (primary N) is 1. The third-order valence-electron chi connectivity index (χ3n) is 8.79. The van der Waals surface area contributed by atoms with E-state index in [1.54, 1.807) is 0 Å². The van der Waals surface area contributed by atoms with Gasteiger partial charge in [0.1, 0.15) is 28.7 Å². The number of aliphatic hydroxyl groups is 3. The Bertz CT molecular complexity index is 1330. The Kier molecular flexibility index (Phi) is 6.80. The maximum absolute atomic E-state index is 15.9. The van der Waals surface area contributed by atoms with Crippen LogP contribution in [0.4, 0.5) is 4.39 Å². The van der Waals surface area contributed by atoms with Crippen LogP contribution in [0.3, 0.4) is 0 Å². The third-order valence-corrected chi connectivity index (χ3v) is 8.79. The first-order chi connectivity index (χ1) is 18.3. The highest BCUT2D eigenvalue weighted by Crippen LogP contribution is 2.51. The number of ketones is 2. The molecule has 1 saturated heterocycles. The molecule has 5 rings (SSSR count). The van der Waals surface area contributed by atoms with Gasteiger partial charge in [0.15, 0.2) is 11.4 Å². The largest absolute Gasteiger partial charge is 0.511 e. The van der Waals surface area contributed by atoms with Gasteiger partial charge in [0, 0.05) is 42.1 Å². The van der Waals surface area contributed by atoms with E-state index in [9.17, 15) is 34.8 Å². The van der Waals surface area contributed by atoms with Crippen LogP contribution in [-0.2, 0) is 22.6 Å². The smallest absolute Gasteiger partial charge is 0.255 e. The average Bonchev–Trinajstić information content (AvgIpc) is 2.85. The van der Waals surface area contributed by atoms with Gasteiger partial charge in [0.05, 0.1) is 5.56 Å². The minimum atomic E-state index is -2.64. The number of aliphatic hydroxyl groups excluding tert-OH is 2. The number of phenolic OH excluding ortho intramolecular Hbond substituents is 1. The fraction of sp³-hybridized carbons (Fsp3) is 0.536. The number of primary amides is 1. The van der Waals surface area contributed by atoms with Crippen LogP contribution in [0.5, 0.6) is 5.75 Å². The predicted molar refractivity (Wildman–Crippen MR) is 137 cm³/mol. The number of halogens is 1. The summed E-state index contributed by atoms with van der Waals surface area (Å²) in [5.74, 6) is -7.26. The number of carbonyl (C=O) groups is 3. The van der Waals surface area contributed by atoms with Crippen LogP contribution >= 0.6 is 0 Å². The monoisotopic (exact) mass is 543 g/mol. The molecule has 6 N–H and O–H groups in total. The van der Waals surface area contributed by atoms with Gasteiger partial charge < -0.3 is 31.1 Å². The Morgan fingerprint density at radius 3 is 2.46 bits per heavy atom. The molecule has 0 aromatic heterocycles. The van der Waals surface area contributed by atoms with E-state index in [-0.39, 0.29) is 48.1 Å². The quantitative estimate of drug-likeness (QED) is 0.346. The standard InChI is InChI=1S/C28H34FN3O7/c1-31(2)11-13-3-5-32(6-4-13)12-15-9-18(33)21-17(23(15)29)8-14-7-16-10-19(34)22(27(30)38)26(37)28(16,39)25(36)20(14)24(21)35/h9,13-14,16,33-34,36,39H,3-8,10-12H2,1-2H3,(H2,30,38)/t14?,16-,28-/m0/s1. The molecule has 1 aliphatic heterocycles. The number of Topliss-reactive ketones (excluding diaryl/α,β-unsaturated/α-hetero) is 2. The Hall–Kier alpha value is -3.28. The summed E-state index contributed by atoms with van der Waals surface area (Å²) >= 11 is 0. The highest BCUT2D eigenvalue weighted by Gasteiger charge is 2.59. The number of amides is 1. The lowest BCUT2D eigenvalue weighted by Crippen LogP contribution is -2.57. The molecule has 3 aliphatic carbocycles. The molecule has 4 aliphatic rings. The zero-order valence-electron chi connectivity index (χ0n) is 22.0. The SMILES string of the molecule is CN(C)CC1CCN(Cc2cc(O)c3c(c2F)CC2C[C@H]4CC(O)=C(C(N)=O)C(=O)[C@@]4(O)C(O)=C2C3=O)CC1. The number of piperidine rings is 1. The van der Waals surface area contributed by atoms with Gasteiger partial charge >= 0.3 is 0 Å². The molecule has 0 radical (unpaired) electrons. The molecule has 1 heterocycles. The van der Waals surface area contributed by atoms with Crippen LogP contribution in [0.2, 0.25) is 0 Å². The highest BCUT2D eigenvalue weighted by atomic mass is 19.1. The zero-order chi connectivity index (χ0) is 28.4. The van der Waals surface area contributed by atoms with Crippen molar-refractivity contribution in [3.8, 4) is 5.75 Å². The molecule has 1 unspecified atom stereocenters. The van der Waals surface area contributed by atoms with Gasteiger partial charge in [-0.1, -0.05) is 0 Å². The number of hydrogen-bond donors (Lipinski definition) is 5. The first kappa shape index (κ1) is 27.3. The van der Waals surface area contributed by atoms with Crippen molar-refractivity contribution in [2.45, 2.75) is 44.2 Å². The van der Waals surface area contributed by atoms with E-state index in [4.69, 9.17) is 5.73 Å². The van der Waals surface area contributed by atoms with Crippen molar-refractivity contribution < 1.29 is 39.2 Å². The van der Waals surface area contributed by atoms with Crippen LogP contribution in [0.25, 0.3) is 0 Å². The molecule has 1 fully saturated rings. The second-order valence-electron chi connectivity index (χ2n) is 11.6. The molecule has 39 heavy (non-hydrogen) atoms. The molecular weight excluding hydrogens is 509 g/mol. The van der Waals surface area contributed by atoms with E-state index in [2.05, 4.69) is 9.80 Å². The predicted octanol–water partition coefficient (Wildman–Crippen LogP) is 1.49. The molecule has 0 bridgehead atoms. The number of allylic oxidation sites excluding steroid dienone is 2. The number of hydrogen-bond acceptors (Lipinski definition) is 9. The summed E-state index contributed by atoms with van der Waals surface area (Å²) in [5.41, 5.74) is 1.44. The molecule has 210 valence electrons. The highest BCUT2D eigenvalue weighted by molar-refractivity contribution is 6.24. The third kappa shape index (κ3) is 4.32. The number of likely N-dealkylation sites (tertiary alicyclic amines) is 1. The summed E-state index contributed by atoms with van der Waals surface area (Å²) in [6, 6.07) is 1.23. The number of rotatable bonds is 5. The molecule has 3 atom stereocenters. The average molecular weight is 544 g/mol. The minimum Gasteiger partial charge on any atom is -0.511 e. The number of carbonyl (C=O) groups excluding carboxylic acids is 3. The van der Waals surface area contributed by atoms with Crippen molar-refractivity contribution >= 4 is 17.5 Å². The van der Waals surface area contributed by atoms with Crippen molar-refractivity contribution in [2.75, 3.05) is 33.7 Å². The first-order valence-corrected chi connectivity index (χ1v) is 13.2. The Morgan fingerprint density at radius 2 is 1.85 bits per heavy atom. The van der Waals surface area contributed by atoms with Gasteiger partial charge in [-0.25, -0.2) is 4.39 Å². The summed E-state index contributed by atoms with van der Waals surface area (Å²) in [7, 11) is 4.08. The molecular formula is C28H34FN3O7. The minimum absolute atomic E-state index is 0.0317. The molecule has 0 spiro atoms. The molecule has 1 amide bonds. The number of phenols is 1. The van der Waals surface area contributed by atoms with Crippen molar-refractivity contribution in [1.29, 1.82) is 0 Å². The van der Waals surface area contributed by atoms with E-state index in [0.29, 0.717) is 5.92 Å². The molecule has 1 aromatic rings. The lowest BCUT2D eigenvalue weighted by molar-refractivity contribution is -0.144. The van der Waals surface area contributed by atoms with Crippen LogP contribution < -0.4 is 5.73 Å². The molecule has 0 saturated carbocycles. The second kappa shape index (κ2) is 9.72. The van der Waals surface area contributed by atoms with Gasteiger partial charge in [-0.3, -0.25) is 19.3 Å². The first-order valence-electron chi connectivity index (χ1n) is 13.2. The summed E-state index contributed by atoms with van der Waals surface area (Å²) < 4.78 is 15.9. The van der Waals surface area contributed by atoms with Gasteiger partial charge in [0.25, 0.3) is 5.91 Å². The van der Waals surface area contributed by atoms with E-state index in [0.717, 1.165) is 32.5 Å². The van der Waals surface area contributed by atoms with E-state index >= 15 is 4.39 Å². The normalized spacial score (nSPS) is 28.0. The Morgan fingerprint density at radius 1 is 1.18 bits per heavy atom. The lowest BCUT2D eigenvalue weighted by atomic mass is 9.60. The van der Waals surface area contributed by atoms with Crippen molar-refractivity contribution in [2.24, 2.45) is 23.5 Å². The fourth-order valence-electron chi connectivity index (χ4n) is 6.92. The fourth-order valence-corrected chi connectivity index (χ4v) is 6.92. The van der Waals surface area contributed by atoms with Crippen LogP contribution in [0.1, 0.15) is 47.2 Å². The maximum atomic E-state index is 15.9. The van der Waals surface area contributed by atoms with Crippen LogP contribution in [0, 0.1) is 23.6 Å². The molecule has 10 nitrogen and oxygen atoms in total.